The smallest absolute Gasteiger partial charge is 0.373 e. The molecular formula is C58H82N10O33S. The van der Waals surface area contributed by atoms with Crippen molar-refractivity contribution in [3.63, 3.8) is 0 Å². The molecule has 0 aliphatic carbocycles. The normalized spacial score (nSPS) is 17.1. The lowest BCUT2D eigenvalue weighted by Crippen LogP contribution is -2.60. The van der Waals surface area contributed by atoms with E-state index >= 15 is 0 Å². The topological polar surface area (TPSA) is 761 Å². The van der Waals surface area contributed by atoms with E-state index in [-0.39, 0.29) is 41.5 Å². The number of Topliss-reactive ketones (excluding diaryl/α,β-unsaturated/α-hetero) is 4. The Bertz CT molecular complexity index is 3400. The number of aromatic amines is 1. The standard InChI is InChI=1S/C56H82N10O29S.2CO2/c1-20(49(87)63-38(47(86)45(84)36(78)18-70)32(74)10-23(19-96)54(92)93)9-31(73)37(46(85)44(83)35(77)17-69)64-52(90)28(41(80)43(82)34(76)16-68)12-30(72)21(2)60-51(89)27(40(79)42(81)33(75)15-67)11-26(71)7-8-29(55(94)95)62-50(88)22-3-5-24(6-4-22)58-13-25-14-59-48-39(61-25)53(91)66-56(57)65-48;2*2-1-3/h3-6,14,20-21,23,27-29,33-38,40-47,58,67-70,75-86,96H,7-13,15-19H2,1-2H3,(H,60,89)(H,62,88)(H,63,87)(H,64,90)(H,92,93)(H,94,95)(H3,57,59,65,66,91);;/t20-,21+,23+,27+,28+,29+,33-,34-,35-,36-,37-,38-,40-,41-,42-,43-,44-,45-,46-,47-;;/m1../s1. The van der Waals surface area contributed by atoms with Crippen molar-refractivity contribution < 1.29 is 159 Å². The summed E-state index contributed by atoms with van der Waals surface area (Å²) in [5.41, 5.74) is 5.51. The third-order valence-electron chi connectivity index (χ3n) is 15.3. The first-order valence-electron chi connectivity index (χ1n) is 30.1. The summed E-state index contributed by atoms with van der Waals surface area (Å²) in [5.74, 6) is -22.7. The van der Waals surface area contributed by atoms with Crippen LogP contribution in [0.15, 0.2) is 35.3 Å². The summed E-state index contributed by atoms with van der Waals surface area (Å²) in [5, 5.41) is 196. The number of H-pyrrole nitrogens is 1. The Balaban J connectivity index is 0.00000835. The molecule has 0 saturated carbocycles. The van der Waals surface area contributed by atoms with Gasteiger partial charge in [0.25, 0.3) is 11.5 Å². The first-order chi connectivity index (χ1) is 47.8. The van der Waals surface area contributed by atoms with Crippen LogP contribution < -0.4 is 37.9 Å². The third-order valence-corrected chi connectivity index (χ3v) is 15.7. The molecule has 43 nitrogen and oxygen atoms in total. The maximum absolute atomic E-state index is 14.3. The molecule has 1 aromatic carbocycles. The van der Waals surface area contributed by atoms with E-state index in [0.717, 1.165) is 13.8 Å². The van der Waals surface area contributed by atoms with Gasteiger partial charge in [-0.2, -0.15) is 36.8 Å². The summed E-state index contributed by atoms with van der Waals surface area (Å²) < 4.78 is 0. The molecule has 20 atom stereocenters. The molecule has 568 valence electrons. The average Bonchev–Trinajstić information content (AvgIpc) is 0.823. The van der Waals surface area contributed by atoms with Crippen molar-refractivity contribution in [2.45, 2.75) is 156 Å². The summed E-state index contributed by atoms with van der Waals surface area (Å²) >= 11 is 3.85. The van der Waals surface area contributed by atoms with Crippen molar-refractivity contribution in [2.75, 3.05) is 43.2 Å². The Hall–Kier alpha value is -8.99. The van der Waals surface area contributed by atoms with Crippen LogP contribution in [0.1, 0.15) is 68.4 Å². The lowest BCUT2D eigenvalue weighted by Gasteiger charge is -2.33. The molecule has 4 amide bonds. The number of aliphatic hydroxyl groups is 16. The lowest BCUT2D eigenvalue weighted by atomic mass is 9.86. The predicted octanol–water partition coefficient (Wildman–Crippen LogP) is -12.2. The van der Waals surface area contributed by atoms with Gasteiger partial charge in [0, 0.05) is 55.0 Å². The van der Waals surface area contributed by atoms with Crippen molar-refractivity contribution in [2.24, 2.45) is 23.7 Å². The first kappa shape index (κ1) is 91.0. The van der Waals surface area contributed by atoms with Crippen molar-refractivity contribution in [3.8, 4) is 0 Å². The van der Waals surface area contributed by atoms with Crippen molar-refractivity contribution >= 4 is 106 Å². The van der Waals surface area contributed by atoms with Crippen molar-refractivity contribution in [1.29, 1.82) is 0 Å². The third kappa shape index (κ3) is 28.1. The fraction of sp³-hybridized carbons (Fsp3) is 0.586. The molecule has 0 spiro atoms. The lowest BCUT2D eigenvalue weighted by molar-refractivity contribution is -0.193. The minimum atomic E-state index is -2.73. The second-order valence-electron chi connectivity index (χ2n) is 22.7. The summed E-state index contributed by atoms with van der Waals surface area (Å²) in [7, 11) is 0. The number of thiol groups is 1. The number of hydrogen-bond donors (Lipinski definition) is 26. The van der Waals surface area contributed by atoms with Crippen LogP contribution in [0, 0.1) is 23.7 Å². The molecule has 44 heteroatoms. The number of carbonyl (C=O) groups excluding carboxylic acids is 12. The number of nitrogens with one attached hydrogen (secondary N) is 6. The molecule has 3 aromatic rings. The second-order valence-corrected chi connectivity index (χ2v) is 23.1. The number of anilines is 2. The minimum absolute atomic E-state index is 0.00698. The van der Waals surface area contributed by atoms with E-state index < -0.39 is 256 Å². The zero-order valence-corrected chi connectivity index (χ0v) is 54.9. The Morgan fingerprint density at radius 1 is 0.559 bits per heavy atom. The monoisotopic (exact) mass is 1480 g/mol. The number of nitrogens with zero attached hydrogens (tertiary/aromatic N) is 3. The van der Waals surface area contributed by atoms with Crippen LogP contribution in [0.3, 0.4) is 0 Å². The molecule has 0 saturated heterocycles. The van der Waals surface area contributed by atoms with E-state index in [2.05, 4.69) is 48.5 Å². The Labute approximate surface area is 580 Å². The van der Waals surface area contributed by atoms with E-state index in [4.69, 9.17) is 24.9 Å². The summed E-state index contributed by atoms with van der Waals surface area (Å²) in [6, 6.07) is -3.16. The quantitative estimate of drug-likeness (QED) is 0.0234. The Morgan fingerprint density at radius 2 is 1.00 bits per heavy atom. The molecule has 0 aliphatic heterocycles. The predicted molar refractivity (Wildman–Crippen MR) is 336 cm³/mol. The van der Waals surface area contributed by atoms with E-state index in [1.165, 1.54) is 30.5 Å². The highest BCUT2D eigenvalue weighted by atomic mass is 32.1. The number of hydrogen-bond acceptors (Lipinski definition) is 37. The number of ketones is 4. The van der Waals surface area contributed by atoms with Crippen molar-refractivity contribution in [3.05, 3.63) is 52.1 Å². The maximum atomic E-state index is 14.3. The highest BCUT2D eigenvalue weighted by Gasteiger charge is 2.45. The van der Waals surface area contributed by atoms with Gasteiger partial charge in [-0.3, -0.25) is 52.9 Å². The Morgan fingerprint density at radius 3 is 1.45 bits per heavy atom. The van der Waals surface area contributed by atoms with Gasteiger partial charge in [-0.05, 0) is 37.6 Å². The molecule has 102 heavy (non-hydrogen) atoms. The van der Waals surface area contributed by atoms with Crippen LogP contribution in [-0.2, 0) is 68.9 Å². The van der Waals surface area contributed by atoms with Gasteiger partial charge in [-0.1, -0.05) is 6.92 Å². The molecule has 26 N–H and O–H groups in total. The fourth-order valence-electron chi connectivity index (χ4n) is 9.27. The molecule has 0 unspecified atom stereocenters. The summed E-state index contributed by atoms with van der Waals surface area (Å²) in [6.07, 6.45) is -33.6. The number of aliphatic carboxylic acids is 2. The largest absolute Gasteiger partial charge is 0.481 e. The fourth-order valence-corrected chi connectivity index (χ4v) is 9.56. The number of carboxylic acid groups (broad SMARTS) is 2. The zero-order chi connectivity index (χ0) is 78.2. The number of fused-ring (bicyclic) bond motifs is 1. The van der Waals surface area contributed by atoms with Gasteiger partial charge in [0.15, 0.2) is 28.5 Å². The van der Waals surface area contributed by atoms with Crippen LogP contribution in [0.25, 0.3) is 11.2 Å². The number of nitrogens with two attached hydrogens (primary N) is 1. The highest BCUT2D eigenvalue weighted by molar-refractivity contribution is 7.80. The summed E-state index contributed by atoms with van der Waals surface area (Å²) in [6.45, 7) is -3.22. The molecule has 0 radical (unpaired) electrons. The van der Waals surface area contributed by atoms with Crippen LogP contribution in [0.2, 0.25) is 0 Å². The van der Waals surface area contributed by atoms with Gasteiger partial charge in [0.05, 0.1) is 80.9 Å². The number of rotatable bonds is 44. The molecule has 0 aliphatic rings. The van der Waals surface area contributed by atoms with E-state index in [1.807, 2.05) is 10.6 Å². The second kappa shape index (κ2) is 45.1. The minimum Gasteiger partial charge on any atom is -0.481 e. The molecule has 0 fully saturated rings. The van der Waals surface area contributed by atoms with Gasteiger partial charge in [0.2, 0.25) is 23.7 Å². The first-order valence-corrected chi connectivity index (χ1v) is 30.8. The number of benzene rings is 1. The number of nitrogen functional groups attached to an aromatic ring is 1. The van der Waals surface area contributed by atoms with Crippen LogP contribution in [0.5, 0.6) is 0 Å². The SMILES string of the molecule is C[C@H](CC(=O)[C@@H](NC(=O)[C@@H](CC(=O)[C@H](C)NC(=O)[C@@H](CC(=O)CC[C@H](NC(=O)c1ccc(NCc2cnc3nc(N)[nH]c(=O)c3n2)cc1)C(=O)O)[C@@H](O)[C@H](O)[C@H](O)CO)[C@@H](O)[C@H](O)[C@H](O)CO)[C@@H](O)[C@H](O)[C@H](O)CO)C(=O)N[C@H](C(=O)C[C@@H](CS)C(=O)O)[C@@H](O)[C@H](O)[C@H](O)CO.O=C=O.O=C=O. The van der Waals surface area contributed by atoms with Crippen LogP contribution in [0.4, 0.5) is 11.6 Å². The van der Waals surface area contributed by atoms with Gasteiger partial charge >= 0.3 is 24.2 Å². The van der Waals surface area contributed by atoms with E-state index in [1.54, 1.807) is 0 Å². The van der Waals surface area contributed by atoms with E-state index in [9.17, 15) is 145 Å². The molecule has 2 heterocycles. The molecule has 0 bridgehead atoms. The number of amides is 4. The number of carboxylic acids is 2. The molecular weight excluding hydrogens is 1400 g/mol. The highest BCUT2D eigenvalue weighted by Crippen LogP contribution is 2.24. The van der Waals surface area contributed by atoms with Crippen LogP contribution in [-0.4, -0.2) is 312 Å². The maximum Gasteiger partial charge on any atom is 0.373 e. The van der Waals surface area contributed by atoms with Gasteiger partial charge in [0.1, 0.15) is 84.9 Å². The van der Waals surface area contributed by atoms with Gasteiger partial charge in [-0.25, -0.2) is 14.8 Å². The number of carbonyl (C=O) groups is 10. The average molecular weight is 1480 g/mol. The van der Waals surface area contributed by atoms with Crippen molar-refractivity contribution in [1.82, 2.24) is 41.2 Å². The summed E-state index contributed by atoms with van der Waals surface area (Å²) in [4.78, 5) is 193. The Kier molecular flexibility index (Phi) is 40.2. The zero-order valence-electron chi connectivity index (χ0n) is 54.0. The van der Waals surface area contributed by atoms with Crippen LogP contribution >= 0.6 is 12.6 Å². The molecule has 3 rings (SSSR count). The molecule has 2 aromatic heterocycles. The van der Waals surface area contributed by atoms with E-state index in [0.29, 0.717) is 11.4 Å². The van der Waals surface area contributed by atoms with Gasteiger partial charge < -0.3 is 124 Å². The van der Waals surface area contributed by atoms with Gasteiger partial charge in [-0.15, -0.1) is 0 Å². The number of aliphatic hydroxyl groups excluding tert-OH is 16. The number of aromatic nitrogens is 4.